The molecule has 0 spiro atoms. The third kappa shape index (κ3) is 4.65. The van der Waals surface area contributed by atoms with Crippen LogP contribution in [0.1, 0.15) is 25.3 Å². The Bertz CT molecular complexity index is 685. The Morgan fingerprint density at radius 3 is 2.62 bits per heavy atom. The van der Waals surface area contributed by atoms with Crippen molar-refractivity contribution in [3.63, 3.8) is 0 Å². The Labute approximate surface area is 142 Å². The summed E-state index contributed by atoms with van der Waals surface area (Å²) in [6.45, 7) is 3.24. The first-order valence-electron chi connectivity index (χ1n) is 8.45. The average Bonchev–Trinajstić information content (AvgIpc) is 3.39. The summed E-state index contributed by atoms with van der Waals surface area (Å²) in [6, 6.07) is 16.6. The number of halogens is 1. The van der Waals surface area contributed by atoms with E-state index >= 15 is 0 Å². The van der Waals surface area contributed by atoms with E-state index in [0.717, 1.165) is 6.54 Å². The summed E-state index contributed by atoms with van der Waals surface area (Å²) in [4.78, 5) is 14.6. The van der Waals surface area contributed by atoms with Gasteiger partial charge in [0.15, 0.2) is 0 Å². The van der Waals surface area contributed by atoms with Gasteiger partial charge in [0, 0.05) is 18.3 Å². The second-order valence-electron chi connectivity index (χ2n) is 6.53. The van der Waals surface area contributed by atoms with E-state index in [-0.39, 0.29) is 11.7 Å². The van der Waals surface area contributed by atoms with Crippen molar-refractivity contribution in [2.24, 2.45) is 5.92 Å². The van der Waals surface area contributed by atoms with Gasteiger partial charge in [-0.3, -0.25) is 9.69 Å². The van der Waals surface area contributed by atoms with Gasteiger partial charge in [0.1, 0.15) is 5.82 Å². The van der Waals surface area contributed by atoms with E-state index in [1.807, 2.05) is 18.2 Å². The van der Waals surface area contributed by atoms with Crippen LogP contribution in [0.3, 0.4) is 0 Å². The van der Waals surface area contributed by atoms with Crippen LogP contribution in [0, 0.1) is 11.7 Å². The molecule has 3 nitrogen and oxygen atoms in total. The number of amides is 1. The largest absolute Gasteiger partial charge is 0.325 e. The lowest BCUT2D eigenvalue weighted by atomic mass is 10.1. The molecule has 0 unspecified atom stereocenters. The molecule has 1 aliphatic rings. The number of nitrogens with one attached hydrogen (secondary N) is 1. The van der Waals surface area contributed by atoms with Gasteiger partial charge in [0.2, 0.25) is 5.91 Å². The number of hydrogen-bond donors (Lipinski definition) is 1. The van der Waals surface area contributed by atoms with Crippen molar-refractivity contribution in [2.75, 3.05) is 11.9 Å². The Hall–Kier alpha value is -2.20. The molecular weight excluding hydrogens is 303 g/mol. The monoisotopic (exact) mass is 326 g/mol. The van der Waals surface area contributed by atoms with E-state index in [4.69, 9.17) is 0 Å². The Morgan fingerprint density at radius 1 is 1.21 bits per heavy atom. The fourth-order valence-corrected chi connectivity index (χ4v) is 2.99. The van der Waals surface area contributed by atoms with E-state index in [0.29, 0.717) is 24.2 Å². The van der Waals surface area contributed by atoms with Crippen molar-refractivity contribution in [2.45, 2.75) is 32.4 Å². The molecule has 1 atom stereocenters. The number of anilines is 1. The molecule has 2 aromatic carbocycles. The maximum atomic E-state index is 13.2. The molecule has 0 radical (unpaired) electrons. The Morgan fingerprint density at radius 2 is 1.96 bits per heavy atom. The number of carbonyl (C=O) groups excluding carboxylic acids is 1. The molecule has 2 aromatic rings. The van der Waals surface area contributed by atoms with Crippen LogP contribution < -0.4 is 5.32 Å². The second kappa shape index (κ2) is 7.58. The van der Waals surface area contributed by atoms with Gasteiger partial charge in [-0.05, 0) is 49.4 Å². The van der Waals surface area contributed by atoms with Gasteiger partial charge >= 0.3 is 0 Å². The first-order chi connectivity index (χ1) is 11.6. The lowest BCUT2D eigenvalue weighted by Crippen LogP contribution is -2.40. The number of hydrogen-bond acceptors (Lipinski definition) is 2. The highest BCUT2D eigenvalue weighted by Crippen LogP contribution is 2.35. The molecule has 0 aromatic heterocycles. The SMILES string of the molecule is C[C@H](C1CC1)N(CC(=O)Nc1cccc(F)c1)Cc1ccccc1. The summed E-state index contributed by atoms with van der Waals surface area (Å²) >= 11 is 0. The number of nitrogens with zero attached hydrogens (tertiary/aromatic N) is 1. The van der Waals surface area contributed by atoms with Crippen LogP contribution >= 0.6 is 0 Å². The molecule has 1 N–H and O–H groups in total. The second-order valence-corrected chi connectivity index (χ2v) is 6.53. The first-order valence-corrected chi connectivity index (χ1v) is 8.45. The van der Waals surface area contributed by atoms with E-state index in [9.17, 15) is 9.18 Å². The van der Waals surface area contributed by atoms with Crippen molar-refractivity contribution >= 4 is 11.6 Å². The molecule has 1 saturated carbocycles. The van der Waals surface area contributed by atoms with Crippen molar-refractivity contribution in [1.29, 1.82) is 0 Å². The predicted molar refractivity (Wildman–Crippen MR) is 94.1 cm³/mol. The van der Waals surface area contributed by atoms with Gasteiger partial charge in [-0.1, -0.05) is 36.4 Å². The van der Waals surface area contributed by atoms with Gasteiger partial charge in [-0.2, -0.15) is 0 Å². The lowest BCUT2D eigenvalue weighted by molar-refractivity contribution is -0.118. The maximum Gasteiger partial charge on any atom is 0.238 e. The molecule has 3 rings (SSSR count). The summed E-state index contributed by atoms with van der Waals surface area (Å²) in [6.07, 6.45) is 2.47. The molecule has 1 amide bonds. The third-order valence-corrected chi connectivity index (χ3v) is 4.56. The van der Waals surface area contributed by atoms with Crippen LogP contribution in [0.25, 0.3) is 0 Å². The molecular formula is C20H23FN2O. The molecule has 126 valence electrons. The van der Waals surface area contributed by atoms with Crippen molar-refractivity contribution in [3.8, 4) is 0 Å². The fraction of sp³-hybridized carbons (Fsp3) is 0.350. The Balaban J connectivity index is 1.65. The summed E-state index contributed by atoms with van der Waals surface area (Å²) in [5.74, 6) is 0.222. The van der Waals surface area contributed by atoms with Crippen molar-refractivity contribution < 1.29 is 9.18 Å². The molecule has 4 heteroatoms. The average molecular weight is 326 g/mol. The van der Waals surface area contributed by atoms with E-state index in [1.54, 1.807) is 12.1 Å². The summed E-state index contributed by atoms with van der Waals surface area (Å²) < 4.78 is 13.2. The highest BCUT2D eigenvalue weighted by Gasteiger charge is 2.32. The highest BCUT2D eigenvalue weighted by molar-refractivity contribution is 5.92. The van der Waals surface area contributed by atoms with Crippen LogP contribution in [-0.4, -0.2) is 23.4 Å². The zero-order valence-corrected chi connectivity index (χ0v) is 13.9. The topological polar surface area (TPSA) is 32.3 Å². The summed E-state index contributed by atoms with van der Waals surface area (Å²) in [5, 5.41) is 2.79. The fourth-order valence-electron chi connectivity index (χ4n) is 2.99. The molecule has 24 heavy (non-hydrogen) atoms. The van der Waals surface area contributed by atoms with E-state index in [2.05, 4.69) is 29.3 Å². The third-order valence-electron chi connectivity index (χ3n) is 4.56. The molecule has 0 saturated heterocycles. The van der Waals surface area contributed by atoms with Crippen LogP contribution in [0.5, 0.6) is 0 Å². The van der Waals surface area contributed by atoms with Crippen LogP contribution in [0.4, 0.5) is 10.1 Å². The van der Waals surface area contributed by atoms with Crippen LogP contribution in [0.2, 0.25) is 0 Å². The normalized spacial score (nSPS) is 15.3. The lowest BCUT2D eigenvalue weighted by Gasteiger charge is -2.28. The molecule has 1 fully saturated rings. The minimum atomic E-state index is -0.347. The Kier molecular flexibility index (Phi) is 5.26. The highest BCUT2D eigenvalue weighted by atomic mass is 19.1. The smallest absolute Gasteiger partial charge is 0.238 e. The minimum Gasteiger partial charge on any atom is -0.325 e. The van der Waals surface area contributed by atoms with Crippen LogP contribution in [0.15, 0.2) is 54.6 Å². The first kappa shape index (κ1) is 16.7. The predicted octanol–water partition coefficient (Wildman–Crippen LogP) is 4.06. The summed E-state index contributed by atoms with van der Waals surface area (Å²) in [7, 11) is 0. The standard InChI is InChI=1S/C20H23FN2O/c1-15(17-10-11-17)23(13-16-6-3-2-4-7-16)14-20(24)22-19-9-5-8-18(21)12-19/h2-9,12,15,17H,10-11,13-14H2,1H3,(H,22,24)/t15-/m1/s1. The zero-order valence-electron chi connectivity index (χ0n) is 13.9. The zero-order chi connectivity index (χ0) is 16.9. The molecule has 1 aliphatic carbocycles. The van der Waals surface area contributed by atoms with Crippen molar-refractivity contribution in [1.82, 2.24) is 4.90 Å². The van der Waals surface area contributed by atoms with Gasteiger partial charge in [-0.15, -0.1) is 0 Å². The van der Waals surface area contributed by atoms with Gasteiger partial charge in [-0.25, -0.2) is 4.39 Å². The molecule has 0 heterocycles. The van der Waals surface area contributed by atoms with Gasteiger partial charge in [0.05, 0.1) is 6.54 Å². The molecule has 0 bridgehead atoms. The number of carbonyl (C=O) groups is 1. The van der Waals surface area contributed by atoms with Crippen molar-refractivity contribution in [3.05, 3.63) is 66.0 Å². The van der Waals surface area contributed by atoms with E-state index in [1.165, 1.54) is 30.5 Å². The number of benzene rings is 2. The number of rotatable bonds is 7. The summed E-state index contributed by atoms with van der Waals surface area (Å²) in [5.41, 5.74) is 1.70. The quantitative estimate of drug-likeness (QED) is 0.832. The van der Waals surface area contributed by atoms with E-state index < -0.39 is 0 Å². The van der Waals surface area contributed by atoms with Gasteiger partial charge < -0.3 is 5.32 Å². The molecule has 0 aliphatic heterocycles. The maximum absolute atomic E-state index is 13.2. The van der Waals surface area contributed by atoms with Crippen LogP contribution in [-0.2, 0) is 11.3 Å². The van der Waals surface area contributed by atoms with Gasteiger partial charge in [0.25, 0.3) is 0 Å². The minimum absolute atomic E-state index is 0.107.